The van der Waals surface area contributed by atoms with Gasteiger partial charge in [-0.2, -0.15) is 0 Å². The number of amides is 2. The highest BCUT2D eigenvalue weighted by Crippen LogP contribution is 2.41. The number of thioether (sulfide) groups is 1. The number of halogens is 2. The third kappa shape index (κ3) is 3.66. The number of anilines is 1. The molecular weight excluding hydrogens is 363 g/mol. The molecule has 0 saturated carbocycles. The van der Waals surface area contributed by atoms with Crippen LogP contribution in [0.15, 0.2) is 36.4 Å². The molecule has 1 N–H and O–H groups in total. The van der Waals surface area contributed by atoms with E-state index in [2.05, 4.69) is 11.4 Å². The van der Waals surface area contributed by atoms with Crippen molar-refractivity contribution in [2.24, 2.45) is 0 Å². The van der Waals surface area contributed by atoms with Crippen molar-refractivity contribution < 1.29 is 4.79 Å². The molecule has 6 heteroatoms. The van der Waals surface area contributed by atoms with Gasteiger partial charge in [-0.1, -0.05) is 47.0 Å². The fourth-order valence-corrected chi connectivity index (χ4v) is 4.65. The van der Waals surface area contributed by atoms with Crippen molar-refractivity contribution in [2.45, 2.75) is 19.2 Å². The maximum Gasteiger partial charge on any atom is 0.323 e. The first-order valence-electron chi connectivity index (χ1n) is 7.67. The maximum absolute atomic E-state index is 12.7. The Bertz CT molecular complexity index is 782. The summed E-state index contributed by atoms with van der Waals surface area (Å²) in [4.78, 5) is 14.6. The largest absolute Gasteiger partial charge is 0.323 e. The van der Waals surface area contributed by atoms with Crippen molar-refractivity contribution in [2.75, 3.05) is 17.6 Å². The Morgan fingerprint density at radius 2 is 2.00 bits per heavy atom. The first kappa shape index (κ1) is 17.5. The summed E-state index contributed by atoms with van der Waals surface area (Å²) in [5.41, 5.74) is 3.98. The molecule has 1 heterocycles. The van der Waals surface area contributed by atoms with E-state index in [0.717, 1.165) is 22.6 Å². The smallest absolute Gasteiger partial charge is 0.308 e. The summed E-state index contributed by atoms with van der Waals surface area (Å²) in [6.07, 6.45) is 0. The standard InChI is InChI=1S/C18H18Cl2N2OS/c1-11-3-6-16(12(2)9-11)21-18(23)22-7-8-24-17(22)14-5-4-13(19)10-15(14)20/h3-6,9-10,17H,7-8H2,1-2H3,(H,21,23). The van der Waals surface area contributed by atoms with Gasteiger partial charge < -0.3 is 10.2 Å². The van der Waals surface area contributed by atoms with Gasteiger partial charge in [-0.3, -0.25) is 0 Å². The molecule has 2 aromatic rings. The van der Waals surface area contributed by atoms with Gasteiger partial charge in [0.15, 0.2) is 0 Å². The van der Waals surface area contributed by atoms with Gasteiger partial charge in [0.2, 0.25) is 0 Å². The van der Waals surface area contributed by atoms with Crippen LogP contribution < -0.4 is 5.32 Å². The van der Waals surface area contributed by atoms with Crippen molar-refractivity contribution in [3.63, 3.8) is 0 Å². The molecular formula is C18H18Cl2N2OS. The van der Waals surface area contributed by atoms with Crippen molar-refractivity contribution in [1.82, 2.24) is 4.90 Å². The number of benzene rings is 2. The molecule has 0 bridgehead atoms. The fraction of sp³-hybridized carbons (Fsp3) is 0.278. The van der Waals surface area contributed by atoms with Gasteiger partial charge in [0.25, 0.3) is 0 Å². The number of nitrogens with one attached hydrogen (secondary N) is 1. The van der Waals surface area contributed by atoms with Crippen molar-refractivity contribution >= 4 is 46.7 Å². The number of hydrogen-bond donors (Lipinski definition) is 1. The molecule has 0 spiro atoms. The van der Waals surface area contributed by atoms with Gasteiger partial charge in [0.1, 0.15) is 5.37 Å². The average Bonchev–Trinajstić information content (AvgIpc) is 2.99. The van der Waals surface area contributed by atoms with E-state index in [0.29, 0.717) is 16.6 Å². The zero-order valence-electron chi connectivity index (χ0n) is 13.5. The van der Waals surface area contributed by atoms with Crippen LogP contribution in [0.25, 0.3) is 0 Å². The highest BCUT2D eigenvalue weighted by Gasteiger charge is 2.32. The van der Waals surface area contributed by atoms with Crippen LogP contribution in [0.2, 0.25) is 10.0 Å². The highest BCUT2D eigenvalue weighted by atomic mass is 35.5. The average molecular weight is 381 g/mol. The molecule has 1 atom stereocenters. The van der Waals surface area contributed by atoms with Gasteiger partial charge in [-0.05, 0) is 37.6 Å². The number of carbonyl (C=O) groups is 1. The molecule has 24 heavy (non-hydrogen) atoms. The van der Waals surface area contributed by atoms with E-state index in [1.54, 1.807) is 17.8 Å². The minimum Gasteiger partial charge on any atom is -0.308 e. The first-order valence-corrected chi connectivity index (χ1v) is 9.47. The summed E-state index contributed by atoms with van der Waals surface area (Å²) in [6, 6.07) is 11.3. The Morgan fingerprint density at radius 1 is 1.21 bits per heavy atom. The maximum atomic E-state index is 12.7. The second-order valence-electron chi connectivity index (χ2n) is 5.83. The third-order valence-electron chi connectivity index (χ3n) is 4.00. The summed E-state index contributed by atoms with van der Waals surface area (Å²) in [7, 11) is 0. The van der Waals surface area contributed by atoms with Gasteiger partial charge >= 0.3 is 6.03 Å². The first-order chi connectivity index (χ1) is 11.5. The minimum absolute atomic E-state index is 0.0967. The van der Waals surface area contributed by atoms with Gasteiger partial charge in [-0.15, -0.1) is 11.8 Å². The summed E-state index contributed by atoms with van der Waals surface area (Å²) in [5.74, 6) is 0.879. The number of carbonyl (C=O) groups excluding carboxylic acids is 1. The molecule has 3 nitrogen and oxygen atoms in total. The molecule has 3 rings (SSSR count). The SMILES string of the molecule is Cc1ccc(NC(=O)N2CCSC2c2ccc(Cl)cc2Cl)c(C)c1. The van der Waals surface area contributed by atoms with Crippen molar-refractivity contribution in [1.29, 1.82) is 0 Å². The van der Waals surface area contributed by atoms with Crippen LogP contribution in [0.1, 0.15) is 22.1 Å². The predicted molar refractivity (Wildman–Crippen MR) is 103 cm³/mol. The van der Waals surface area contributed by atoms with Crippen molar-refractivity contribution in [3.8, 4) is 0 Å². The van der Waals surface area contributed by atoms with E-state index < -0.39 is 0 Å². The lowest BCUT2D eigenvalue weighted by Gasteiger charge is -2.25. The molecule has 1 saturated heterocycles. The minimum atomic E-state index is -0.108. The molecule has 0 radical (unpaired) electrons. The Labute approximate surface area is 156 Å². The second kappa shape index (κ2) is 7.26. The summed E-state index contributed by atoms with van der Waals surface area (Å²) < 4.78 is 0. The topological polar surface area (TPSA) is 32.3 Å². The summed E-state index contributed by atoms with van der Waals surface area (Å²) in [5, 5.41) is 4.10. The fourth-order valence-electron chi connectivity index (χ4n) is 2.78. The van der Waals surface area contributed by atoms with E-state index in [9.17, 15) is 4.79 Å². The molecule has 0 aliphatic carbocycles. The van der Waals surface area contributed by atoms with Crippen LogP contribution in [0.4, 0.5) is 10.5 Å². The van der Waals surface area contributed by atoms with Crippen LogP contribution in [0, 0.1) is 13.8 Å². The second-order valence-corrected chi connectivity index (χ2v) is 7.86. The Kier molecular flexibility index (Phi) is 5.28. The monoisotopic (exact) mass is 380 g/mol. The van der Waals surface area contributed by atoms with Crippen LogP contribution in [-0.4, -0.2) is 23.2 Å². The van der Waals surface area contributed by atoms with Gasteiger partial charge in [-0.25, -0.2) is 4.79 Å². The predicted octanol–water partition coefficient (Wildman–Crippen LogP) is 5.89. The number of rotatable bonds is 2. The van der Waals surface area contributed by atoms with E-state index >= 15 is 0 Å². The Morgan fingerprint density at radius 3 is 2.71 bits per heavy atom. The molecule has 2 aromatic carbocycles. The van der Waals surface area contributed by atoms with Crippen LogP contribution >= 0.6 is 35.0 Å². The number of nitrogens with zero attached hydrogens (tertiary/aromatic N) is 1. The zero-order chi connectivity index (χ0) is 17.3. The molecule has 1 unspecified atom stereocenters. The van der Waals surface area contributed by atoms with E-state index in [1.807, 2.05) is 43.0 Å². The lowest BCUT2D eigenvalue weighted by molar-refractivity contribution is 0.214. The number of hydrogen-bond acceptors (Lipinski definition) is 2. The molecule has 126 valence electrons. The molecule has 1 fully saturated rings. The Balaban J connectivity index is 1.81. The van der Waals surface area contributed by atoms with Crippen molar-refractivity contribution in [3.05, 3.63) is 63.1 Å². The van der Waals surface area contributed by atoms with Crippen LogP contribution in [0.5, 0.6) is 0 Å². The Hall–Kier alpha value is -1.36. The number of aryl methyl sites for hydroxylation is 2. The molecule has 1 aliphatic rings. The zero-order valence-corrected chi connectivity index (χ0v) is 15.8. The van der Waals surface area contributed by atoms with E-state index in [1.165, 1.54) is 5.56 Å². The quantitative estimate of drug-likeness (QED) is 0.704. The summed E-state index contributed by atoms with van der Waals surface area (Å²) in [6.45, 7) is 4.72. The lowest BCUT2D eigenvalue weighted by Crippen LogP contribution is -2.34. The molecule has 0 aromatic heterocycles. The van der Waals surface area contributed by atoms with E-state index in [4.69, 9.17) is 23.2 Å². The normalized spacial score (nSPS) is 17.2. The van der Waals surface area contributed by atoms with Gasteiger partial charge in [0.05, 0.1) is 0 Å². The third-order valence-corrected chi connectivity index (χ3v) is 5.81. The highest BCUT2D eigenvalue weighted by molar-refractivity contribution is 7.99. The van der Waals surface area contributed by atoms with Crippen LogP contribution in [-0.2, 0) is 0 Å². The van der Waals surface area contributed by atoms with Crippen LogP contribution in [0.3, 0.4) is 0 Å². The van der Waals surface area contributed by atoms with Gasteiger partial charge in [0, 0.05) is 33.6 Å². The number of urea groups is 1. The summed E-state index contributed by atoms with van der Waals surface area (Å²) >= 11 is 14.0. The molecule has 2 amide bonds. The lowest BCUT2D eigenvalue weighted by atomic mass is 10.1. The van der Waals surface area contributed by atoms with E-state index in [-0.39, 0.29) is 11.4 Å². The molecule has 1 aliphatic heterocycles.